The van der Waals surface area contributed by atoms with Gasteiger partial charge in [0.05, 0.1) is 19.0 Å². The molecule has 0 aromatic carbocycles. The maximum atomic E-state index is 12.2. The van der Waals surface area contributed by atoms with Crippen LogP contribution in [-0.4, -0.2) is 46.3 Å². The largest absolute Gasteiger partial charge is 0.480 e. The van der Waals surface area contributed by atoms with E-state index in [1.807, 2.05) is 12.1 Å². The minimum Gasteiger partial charge on any atom is -0.480 e. The molecule has 0 saturated heterocycles. The van der Waals surface area contributed by atoms with Crippen LogP contribution in [0.15, 0.2) is 55.0 Å². The first kappa shape index (κ1) is 18.1. The maximum absolute atomic E-state index is 12.2. The van der Waals surface area contributed by atoms with E-state index in [-0.39, 0.29) is 5.91 Å². The first-order chi connectivity index (χ1) is 13.3. The lowest BCUT2D eigenvalue weighted by Crippen LogP contribution is -2.29. The van der Waals surface area contributed by atoms with Gasteiger partial charge in [-0.05, 0) is 36.4 Å². The third kappa shape index (κ3) is 5.11. The quantitative estimate of drug-likeness (QED) is 0.518. The number of hydrogen-bond donors (Lipinski definition) is 3. The summed E-state index contributed by atoms with van der Waals surface area (Å²) < 4.78 is 5.08. The monoisotopic (exact) mass is 365 g/mol. The van der Waals surface area contributed by atoms with Crippen LogP contribution in [0.3, 0.4) is 0 Å². The van der Waals surface area contributed by atoms with E-state index in [0.717, 1.165) is 5.69 Å². The number of methoxy groups -OCH3 is 1. The number of anilines is 3. The molecule has 3 aromatic rings. The third-order valence-corrected chi connectivity index (χ3v) is 3.52. The number of amides is 1. The molecule has 27 heavy (non-hydrogen) atoms. The van der Waals surface area contributed by atoms with Gasteiger partial charge in [0, 0.05) is 25.5 Å². The van der Waals surface area contributed by atoms with Crippen molar-refractivity contribution in [2.45, 2.75) is 0 Å². The van der Waals surface area contributed by atoms with Gasteiger partial charge >= 0.3 is 0 Å². The fourth-order valence-corrected chi connectivity index (χ4v) is 2.27. The van der Waals surface area contributed by atoms with Gasteiger partial charge in [-0.15, -0.1) is 10.2 Å². The molecule has 0 spiro atoms. The lowest BCUT2D eigenvalue weighted by atomic mass is 10.2. The number of carbonyl (C=O) groups is 1. The molecule has 1 amide bonds. The topological polar surface area (TPSA) is 114 Å². The summed E-state index contributed by atoms with van der Waals surface area (Å²) in [5.41, 5.74) is 1.23. The smallest absolute Gasteiger partial charge is 0.256 e. The molecule has 0 aliphatic carbocycles. The summed E-state index contributed by atoms with van der Waals surface area (Å²) in [6, 6.07) is 10.7. The minimum absolute atomic E-state index is 0.246. The molecule has 0 aliphatic heterocycles. The van der Waals surface area contributed by atoms with Crippen LogP contribution in [0.1, 0.15) is 10.4 Å². The van der Waals surface area contributed by atoms with Crippen LogP contribution in [0.4, 0.5) is 17.3 Å². The predicted octanol–water partition coefficient (Wildman–Crippen LogP) is 1.86. The Labute approximate surface area is 156 Å². The van der Waals surface area contributed by atoms with E-state index in [4.69, 9.17) is 4.74 Å². The van der Waals surface area contributed by atoms with Gasteiger partial charge in [0.2, 0.25) is 5.88 Å². The van der Waals surface area contributed by atoms with E-state index in [2.05, 4.69) is 36.1 Å². The standard InChI is InChI=1S/C18H19N7O2/c1-27-18-14(5-3-9-22-18)17(26)21-11-10-20-15-6-7-16(25-24-15)23-13-4-2-8-19-12-13/h2-9,12H,10-11H2,1H3,(H,20,24)(H,21,26)(H,23,25). The lowest BCUT2D eigenvalue weighted by molar-refractivity contribution is 0.0951. The van der Waals surface area contributed by atoms with Crippen LogP contribution >= 0.6 is 0 Å². The predicted molar refractivity (Wildman–Crippen MR) is 101 cm³/mol. The zero-order chi connectivity index (χ0) is 18.9. The molecule has 0 fully saturated rings. The van der Waals surface area contributed by atoms with Gasteiger partial charge in [-0.3, -0.25) is 9.78 Å². The van der Waals surface area contributed by atoms with Gasteiger partial charge in [-0.25, -0.2) is 4.98 Å². The first-order valence-corrected chi connectivity index (χ1v) is 8.28. The van der Waals surface area contributed by atoms with Crippen molar-refractivity contribution in [2.24, 2.45) is 0 Å². The molecule has 9 nitrogen and oxygen atoms in total. The molecular weight excluding hydrogens is 346 g/mol. The van der Waals surface area contributed by atoms with Gasteiger partial charge in [0.15, 0.2) is 5.82 Å². The number of ether oxygens (including phenoxy) is 1. The normalized spacial score (nSPS) is 10.1. The Morgan fingerprint density at radius 1 is 1.04 bits per heavy atom. The van der Waals surface area contributed by atoms with Crippen LogP contribution in [-0.2, 0) is 0 Å². The van der Waals surface area contributed by atoms with E-state index in [9.17, 15) is 4.79 Å². The van der Waals surface area contributed by atoms with E-state index < -0.39 is 0 Å². The summed E-state index contributed by atoms with van der Waals surface area (Å²) in [5, 5.41) is 17.2. The van der Waals surface area contributed by atoms with Gasteiger partial charge in [-0.2, -0.15) is 0 Å². The number of carbonyl (C=O) groups excluding carboxylic acids is 1. The zero-order valence-electron chi connectivity index (χ0n) is 14.7. The third-order valence-electron chi connectivity index (χ3n) is 3.52. The van der Waals surface area contributed by atoms with E-state index >= 15 is 0 Å². The van der Waals surface area contributed by atoms with Crippen molar-refractivity contribution in [2.75, 3.05) is 30.8 Å². The summed E-state index contributed by atoms with van der Waals surface area (Å²) in [4.78, 5) is 20.2. The molecule has 0 saturated carbocycles. The first-order valence-electron chi connectivity index (χ1n) is 8.28. The Bertz CT molecular complexity index is 872. The molecule has 138 valence electrons. The van der Waals surface area contributed by atoms with Gasteiger partial charge in [0.25, 0.3) is 5.91 Å². The van der Waals surface area contributed by atoms with Gasteiger partial charge in [0.1, 0.15) is 11.4 Å². The summed E-state index contributed by atoms with van der Waals surface area (Å²) in [6.45, 7) is 0.909. The Morgan fingerprint density at radius 3 is 2.59 bits per heavy atom. The molecule has 0 atom stereocenters. The number of nitrogens with zero attached hydrogens (tertiary/aromatic N) is 4. The molecule has 3 N–H and O–H groups in total. The number of nitrogens with one attached hydrogen (secondary N) is 3. The SMILES string of the molecule is COc1ncccc1C(=O)NCCNc1ccc(Nc2cccnc2)nn1. The second-order valence-electron chi connectivity index (χ2n) is 5.41. The van der Waals surface area contributed by atoms with Crippen molar-refractivity contribution in [3.8, 4) is 5.88 Å². The number of rotatable bonds is 8. The maximum Gasteiger partial charge on any atom is 0.256 e. The average molecular weight is 365 g/mol. The molecule has 0 bridgehead atoms. The van der Waals surface area contributed by atoms with Crippen LogP contribution in [0.25, 0.3) is 0 Å². The number of aromatic nitrogens is 4. The van der Waals surface area contributed by atoms with Crippen LogP contribution < -0.4 is 20.7 Å². The molecular formula is C18H19N7O2. The minimum atomic E-state index is -0.246. The highest BCUT2D eigenvalue weighted by atomic mass is 16.5. The molecule has 3 aromatic heterocycles. The Hall–Kier alpha value is -3.75. The van der Waals surface area contributed by atoms with Crippen molar-refractivity contribution >= 4 is 23.2 Å². The summed E-state index contributed by atoms with van der Waals surface area (Å²) in [7, 11) is 1.48. The van der Waals surface area contributed by atoms with Crippen LogP contribution in [0.2, 0.25) is 0 Å². The highest BCUT2D eigenvalue weighted by Crippen LogP contribution is 2.14. The summed E-state index contributed by atoms with van der Waals surface area (Å²) in [6.07, 6.45) is 4.98. The van der Waals surface area contributed by atoms with Crippen molar-refractivity contribution in [3.63, 3.8) is 0 Å². The highest BCUT2D eigenvalue weighted by molar-refractivity contribution is 5.96. The fraction of sp³-hybridized carbons (Fsp3) is 0.167. The number of hydrogen-bond acceptors (Lipinski definition) is 8. The lowest BCUT2D eigenvalue weighted by Gasteiger charge is -2.09. The summed E-state index contributed by atoms with van der Waals surface area (Å²) >= 11 is 0. The highest BCUT2D eigenvalue weighted by Gasteiger charge is 2.11. The zero-order valence-corrected chi connectivity index (χ0v) is 14.7. The molecule has 3 heterocycles. The Morgan fingerprint density at radius 2 is 1.85 bits per heavy atom. The molecule has 0 radical (unpaired) electrons. The molecule has 0 unspecified atom stereocenters. The van der Waals surface area contributed by atoms with Crippen molar-refractivity contribution in [1.82, 2.24) is 25.5 Å². The molecule has 9 heteroatoms. The fourth-order valence-electron chi connectivity index (χ4n) is 2.27. The van der Waals surface area contributed by atoms with Gasteiger partial charge in [-0.1, -0.05) is 0 Å². The number of pyridine rings is 2. The van der Waals surface area contributed by atoms with Crippen molar-refractivity contribution in [3.05, 3.63) is 60.6 Å². The van der Waals surface area contributed by atoms with E-state index in [1.54, 1.807) is 42.9 Å². The average Bonchev–Trinajstić information content (AvgIpc) is 2.73. The van der Waals surface area contributed by atoms with Crippen molar-refractivity contribution in [1.29, 1.82) is 0 Å². The van der Waals surface area contributed by atoms with E-state index in [1.165, 1.54) is 7.11 Å². The Balaban J connectivity index is 1.44. The second kappa shape index (κ2) is 9.09. The van der Waals surface area contributed by atoms with Crippen molar-refractivity contribution < 1.29 is 9.53 Å². The Kier molecular flexibility index (Phi) is 6.08. The molecule has 3 rings (SSSR count). The van der Waals surface area contributed by atoms with Gasteiger partial charge < -0.3 is 20.7 Å². The second-order valence-corrected chi connectivity index (χ2v) is 5.41. The summed E-state index contributed by atoms with van der Waals surface area (Å²) in [5.74, 6) is 1.28. The van der Waals surface area contributed by atoms with Crippen LogP contribution in [0.5, 0.6) is 5.88 Å². The van der Waals surface area contributed by atoms with E-state index in [0.29, 0.717) is 36.2 Å². The van der Waals surface area contributed by atoms with Crippen LogP contribution in [0, 0.1) is 0 Å². The molecule has 0 aliphatic rings.